The molecule has 0 spiro atoms. The minimum absolute atomic E-state index is 0.164. The number of nitrogens with two attached hydrogens (primary N) is 1. The van der Waals surface area contributed by atoms with Crippen molar-refractivity contribution in [3.8, 4) is 11.1 Å². The van der Waals surface area contributed by atoms with Crippen LogP contribution in [0.4, 0.5) is 5.69 Å². The van der Waals surface area contributed by atoms with Crippen molar-refractivity contribution in [2.45, 2.75) is 6.92 Å². The fraction of sp³-hybridized carbons (Fsp3) is 0.0588. The summed E-state index contributed by atoms with van der Waals surface area (Å²) < 4.78 is 0. The van der Waals surface area contributed by atoms with Crippen molar-refractivity contribution in [1.82, 2.24) is 4.98 Å². The number of aromatic nitrogens is 1. The van der Waals surface area contributed by atoms with Gasteiger partial charge in [-0.05, 0) is 42.3 Å². The van der Waals surface area contributed by atoms with Gasteiger partial charge in [-0.1, -0.05) is 23.7 Å². The highest BCUT2D eigenvalue weighted by molar-refractivity contribution is 6.32. The van der Waals surface area contributed by atoms with E-state index in [1.807, 2.05) is 13.0 Å². The van der Waals surface area contributed by atoms with E-state index in [2.05, 4.69) is 4.98 Å². The van der Waals surface area contributed by atoms with E-state index >= 15 is 0 Å². The normalized spacial score (nSPS) is 10.8. The summed E-state index contributed by atoms with van der Waals surface area (Å²) in [7, 11) is 0. The number of carboxylic acid groups (broad SMARTS) is 1. The third-order valence-corrected chi connectivity index (χ3v) is 4.11. The van der Waals surface area contributed by atoms with E-state index in [0.29, 0.717) is 16.2 Å². The summed E-state index contributed by atoms with van der Waals surface area (Å²) >= 11 is 6.20. The van der Waals surface area contributed by atoms with Gasteiger partial charge >= 0.3 is 5.97 Å². The molecular weight excluding hydrogens is 300 g/mol. The van der Waals surface area contributed by atoms with Crippen molar-refractivity contribution in [3.05, 3.63) is 58.7 Å². The molecule has 2 aromatic carbocycles. The number of aromatic carboxylic acids is 1. The van der Waals surface area contributed by atoms with E-state index in [-0.39, 0.29) is 5.56 Å². The topological polar surface area (TPSA) is 76.2 Å². The van der Waals surface area contributed by atoms with Crippen molar-refractivity contribution in [2.75, 3.05) is 5.73 Å². The molecule has 4 nitrogen and oxygen atoms in total. The van der Waals surface area contributed by atoms with Gasteiger partial charge in [-0.25, -0.2) is 4.79 Å². The van der Waals surface area contributed by atoms with Gasteiger partial charge in [0.2, 0.25) is 0 Å². The molecule has 0 radical (unpaired) electrons. The maximum Gasteiger partial charge on any atom is 0.337 e. The van der Waals surface area contributed by atoms with Gasteiger partial charge in [-0.15, -0.1) is 0 Å². The number of pyridine rings is 1. The molecule has 0 unspecified atom stereocenters. The van der Waals surface area contributed by atoms with Gasteiger partial charge in [0, 0.05) is 27.9 Å². The predicted molar refractivity (Wildman–Crippen MR) is 88.3 cm³/mol. The van der Waals surface area contributed by atoms with Crippen LogP contribution >= 0.6 is 11.6 Å². The summed E-state index contributed by atoms with van der Waals surface area (Å²) in [6.45, 7) is 1.89. The summed E-state index contributed by atoms with van der Waals surface area (Å²) in [5.41, 5.74) is 9.80. The van der Waals surface area contributed by atoms with Crippen LogP contribution in [0, 0.1) is 6.92 Å². The summed E-state index contributed by atoms with van der Waals surface area (Å²) in [5.74, 6) is -1.01. The van der Waals surface area contributed by atoms with Crippen molar-refractivity contribution in [2.24, 2.45) is 0 Å². The molecular formula is C17H13ClN2O2. The molecule has 0 amide bonds. The third kappa shape index (κ3) is 2.18. The van der Waals surface area contributed by atoms with Crippen LogP contribution < -0.4 is 5.73 Å². The number of rotatable bonds is 2. The Labute approximate surface area is 132 Å². The molecule has 0 saturated heterocycles. The molecule has 3 N–H and O–H groups in total. The number of benzene rings is 2. The van der Waals surface area contributed by atoms with E-state index in [9.17, 15) is 9.90 Å². The second kappa shape index (κ2) is 5.31. The van der Waals surface area contributed by atoms with Crippen molar-refractivity contribution in [1.29, 1.82) is 0 Å². The molecule has 1 heterocycles. The summed E-state index contributed by atoms with van der Waals surface area (Å²) in [6.07, 6.45) is 1.58. The van der Waals surface area contributed by atoms with Crippen LogP contribution in [0.3, 0.4) is 0 Å². The van der Waals surface area contributed by atoms with E-state index in [0.717, 1.165) is 22.1 Å². The van der Waals surface area contributed by atoms with Crippen LogP contribution in [0.2, 0.25) is 5.02 Å². The van der Waals surface area contributed by atoms with Crippen molar-refractivity contribution in [3.63, 3.8) is 0 Å². The first-order valence-electron chi connectivity index (χ1n) is 6.66. The Morgan fingerprint density at radius 2 is 2.00 bits per heavy atom. The lowest BCUT2D eigenvalue weighted by Crippen LogP contribution is -2.01. The van der Waals surface area contributed by atoms with Crippen LogP contribution in [-0.2, 0) is 0 Å². The minimum atomic E-state index is -1.01. The standard InChI is InChI=1S/C17H13ClN2O2/c1-9-13(18)6-7-14(19)15(9)10-4-5-12(17(21)22)16-11(10)3-2-8-20-16/h2-8H,19H2,1H3,(H,21,22). The maximum absolute atomic E-state index is 11.4. The lowest BCUT2D eigenvalue weighted by atomic mass is 9.93. The largest absolute Gasteiger partial charge is 0.478 e. The molecule has 3 aromatic rings. The first-order valence-corrected chi connectivity index (χ1v) is 7.04. The van der Waals surface area contributed by atoms with Gasteiger partial charge in [-0.3, -0.25) is 4.98 Å². The van der Waals surface area contributed by atoms with Crippen LogP contribution in [0.15, 0.2) is 42.6 Å². The summed E-state index contributed by atoms with van der Waals surface area (Å²) in [6, 6.07) is 10.4. The summed E-state index contributed by atoms with van der Waals surface area (Å²) in [4.78, 5) is 15.6. The number of nitrogen functional groups attached to an aromatic ring is 1. The molecule has 22 heavy (non-hydrogen) atoms. The number of halogens is 1. The van der Waals surface area contributed by atoms with E-state index in [4.69, 9.17) is 17.3 Å². The smallest absolute Gasteiger partial charge is 0.337 e. The predicted octanol–water partition coefficient (Wildman–Crippen LogP) is 4.14. The molecule has 1 aromatic heterocycles. The zero-order chi connectivity index (χ0) is 15.9. The van der Waals surface area contributed by atoms with Crippen LogP contribution in [-0.4, -0.2) is 16.1 Å². The summed E-state index contributed by atoms with van der Waals surface area (Å²) in [5, 5.41) is 10.7. The Morgan fingerprint density at radius 3 is 2.73 bits per heavy atom. The number of hydrogen-bond donors (Lipinski definition) is 2. The highest BCUT2D eigenvalue weighted by Gasteiger charge is 2.16. The number of nitrogens with zero attached hydrogens (tertiary/aromatic N) is 1. The average Bonchev–Trinajstić information content (AvgIpc) is 2.51. The Kier molecular flexibility index (Phi) is 3.47. The Bertz CT molecular complexity index is 907. The van der Waals surface area contributed by atoms with Gasteiger partial charge < -0.3 is 10.8 Å². The van der Waals surface area contributed by atoms with E-state index in [1.54, 1.807) is 36.5 Å². The monoisotopic (exact) mass is 312 g/mol. The number of fused-ring (bicyclic) bond motifs is 1. The number of carboxylic acids is 1. The van der Waals surface area contributed by atoms with Gasteiger partial charge in [0.05, 0.1) is 11.1 Å². The zero-order valence-electron chi connectivity index (χ0n) is 11.8. The van der Waals surface area contributed by atoms with Crippen molar-refractivity contribution < 1.29 is 9.90 Å². The zero-order valence-corrected chi connectivity index (χ0v) is 12.6. The second-order valence-corrected chi connectivity index (χ2v) is 5.41. The highest BCUT2D eigenvalue weighted by Crippen LogP contribution is 2.38. The molecule has 0 aliphatic carbocycles. The molecule has 0 fully saturated rings. The Hall–Kier alpha value is -2.59. The number of anilines is 1. The third-order valence-electron chi connectivity index (χ3n) is 3.70. The van der Waals surface area contributed by atoms with Gasteiger partial charge in [-0.2, -0.15) is 0 Å². The van der Waals surface area contributed by atoms with Gasteiger partial charge in [0.25, 0.3) is 0 Å². The van der Waals surface area contributed by atoms with E-state index < -0.39 is 5.97 Å². The van der Waals surface area contributed by atoms with Gasteiger partial charge in [0.15, 0.2) is 0 Å². The van der Waals surface area contributed by atoms with Crippen LogP contribution in [0.25, 0.3) is 22.0 Å². The molecule has 3 rings (SSSR count). The second-order valence-electron chi connectivity index (χ2n) is 5.00. The molecule has 5 heteroatoms. The molecule has 0 bridgehead atoms. The number of carbonyl (C=O) groups is 1. The minimum Gasteiger partial charge on any atom is -0.478 e. The van der Waals surface area contributed by atoms with Crippen LogP contribution in [0.1, 0.15) is 15.9 Å². The number of hydrogen-bond acceptors (Lipinski definition) is 3. The Balaban J connectivity index is 2.42. The fourth-order valence-corrected chi connectivity index (χ4v) is 2.79. The lowest BCUT2D eigenvalue weighted by molar-refractivity contribution is 0.0699. The molecule has 0 aliphatic heterocycles. The molecule has 0 aliphatic rings. The van der Waals surface area contributed by atoms with Crippen LogP contribution in [0.5, 0.6) is 0 Å². The SMILES string of the molecule is Cc1c(Cl)ccc(N)c1-c1ccc(C(=O)O)c2ncccc12. The quantitative estimate of drug-likeness (QED) is 0.697. The van der Waals surface area contributed by atoms with Crippen molar-refractivity contribution >= 4 is 34.2 Å². The maximum atomic E-state index is 11.4. The Morgan fingerprint density at radius 1 is 1.23 bits per heavy atom. The average molecular weight is 313 g/mol. The molecule has 110 valence electrons. The highest BCUT2D eigenvalue weighted by atomic mass is 35.5. The fourth-order valence-electron chi connectivity index (χ4n) is 2.63. The van der Waals surface area contributed by atoms with Gasteiger partial charge in [0.1, 0.15) is 0 Å². The first-order chi connectivity index (χ1) is 10.5. The molecule has 0 saturated carbocycles. The molecule has 0 atom stereocenters. The lowest BCUT2D eigenvalue weighted by Gasteiger charge is -2.14. The van der Waals surface area contributed by atoms with E-state index in [1.165, 1.54) is 0 Å². The first kappa shape index (κ1) is 14.4.